The van der Waals surface area contributed by atoms with E-state index < -0.39 is 0 Å². The van der Waals surface area contributed by atoms with E-state index in [-0.39, 0.29) is 0 Å². The van der Waals surface area contributed by atoms with Crippen LogP contribution in [-0.2, 0) is 6.67 Å². The minimum Gasteiger partial charge on any atom is -0.288 e. The molecule has 0 spiro atoms. The van der Waals surface area contributed by atoms with Crippen LogP contribution < -0.4 is 0 Å². The number of thioether (sulfide) groups is 1. The fraction of sp³-hybridized carbons (Fsp3) is 0.222. The molecule has 116 valence electrons. The highest BCUT2D eigenvalue weighted by atomic mass is 32.2. The van der Waals surface area contributed by atoms with Crippen molar-refractivity contribution < 1.29 is 0 Å². The summed E-state index contributed by atoms with van der Waals surface area (Å²) >= 11 is 1.75. The van der Waals surface area contributed by atoms with Gasteiger partial charge < -0.3 is 0 Å². The van der Waals surface area contributed by atoms with E-state index in [1.165, 1.54) is 5.56 Å². The average Bonchev–Trinajstić information content (AvgIpc) is 3.05. The maximum atomic E-state index is 4.40. The van der Waals surface area contributed by atoms with E-state index in [2.05, 4.69) is 69.1 Å². The summed E-state index contributed by atoms with van der Waals surface area (Å²) < 4.78 is 2.21. The second kappa shape index (κ2) is 6.18. The summed E-state index contributed by atoms with van der Waals surface area (Å²) in [4.78, 5) is 2.45. The first-order valence-corrected chi connectivity index (χ1v) is 8.72. The molecule has 3 aromatic rings. The molecule has 0 saturated heterocycles. The van der Waals surface area contributed by atoms with Gasteiger partial charge in [0.05, 0.1) is 12.5 Å². The minimum absolute atomic E-state index is 0.364. The van der Waals surface area contributed by atoms with E-state index in [1.54, 1.807) is 11.8 Å². The normalized spacial score (nSPS) is 16.0. The standard InChI is InChI=1S/C18H18N4S/c1-14(15-8-4-2-5-9-15)21-12-22-17(16-10-6-3-7-11-16)19-20-18(22)23-13-21/h2-11,14H,12-13H2,1H3. The van der Waals surface area contributed by atoms with Crippen LogP contribution in [0, 0.1) is 0 Å². The number of benzene rings is 2. The molecular formula is C18H18N4S. The largest absolute Gasteiger partial charge is 0.288 e. The fourth-order valence-electron chi connectivity index (χ4n) is 2.86. The Balaban J connectivity index is 1.63. The van der Waals surface area contributed by atoms with Gasteiger partial charge in [0.15, 0.2) is 11.0 Å². The van der Waals surface area contributed by atoms with Gasteiger partial charge in [-0.05, 0) is 12.5 Å². The van der Waals surface area contributed by atoms with E-state index in [0.717, 1.165) is 29.1 Å². The lowest BCUT2D eigenvalue weighted by molar-refractivity contribution is 0.182. The first kappa shape index (κ1) is 14.5. The van der Waals surface area contributed by atoms with E-state index in [0.29, 0.717) is 6.04 Å². The lowest BCUT2D eigenvalue weighted by Crippen LogP contribution is -2.33. The Kier molecular flexibility index (Phi) is 3.89. The number of hydrogen-bond donors (Lipinski definition) is 0. The maximum absolute atomic E-state index is 4.40. The first-order chi connectivity index (χ1) is 11.3. The molecule has 4 rings (SSSR count). The molecule has 1 aliphatic heterocycles. The van der Waals surface area contributed by atoms with Crippen molar-refractivity contribution in [2.75, 3.05) is 5.88 Å². The number of aromatic nitrogens is 3. The van der Waals surface area contributed by atoms with Crippen molar-refractivity contribution >= 4 is 11.8 Å². The van der Waals surface area contributed by atoms with Crippen molar-refractivity contribution in [1.29, 1.82) is 0 Å². The third kappa shape index (κ3) is 2.78. The van der Waals surface area contributed by atoms with Gasteiger partial charge in [0, 0.05) is 11.6 Å². The van der Waals surface area contributed by atoms with Gasteiger partial charge >= 0.3 is 0 Å². The Bertz CT molecular complexity index is 785. The number of fused-ring (bicyclic) bond motifs is 1. The lowest BCUT2D eigenvalue weighted by Gasteiger charge is -2.33. The van der Waals surface area contributed by atoms with E-state index in [4.69, 9.17) is 0 Å². The first-order valence-electron chi connectivity index (χ1n) is 7.73. The number of nitrogens with zero attached hydrogens (tertiary/aromatic N) is 4. The van der Waals surface area contributed by atoms with Gasteiger partial charge in [-0.25, -0.2) is 0 Å². The molecule has 1 unspecified atom stereocenters. The lowest BCUT2D eigenvalue weighted by atomic mass is 10.1. The highest BCUT2D eigenvalue weighted by molar-refractivity contribution is 7.99. The zero-order chi connectivity index (χ0) is 15.6. The second-order valence-corrected chi connectivity index (χ2v) is 6.60. The summed E-state index contributed by atoms with van der Waals surface area (Å²) in [6.45, 7) is 3.07. The molecule has 23 heavy (non-hydrogen) atoms. The van der Waals surface area contributed by atoms with Crippen LogP contribution in [-0.4, -0.2) is 25.5 Å². The van der Waals surface area contributed by atoms with Crippen LogP contribution in [0.2, 0.25) is 0 Å². The molecule has 0 fully saturated rings. The summed E-state index contributed by atoms with van der Waals surface area (Å²) in [5.74, 6) is 1.88. The van der Waals surface area contributed by atoms with Gasteiger partial charge in [0.25, 0.3) is 0 Å². The Morgan fingerprint density at radius 3 is 2.39 bits per heavy atom. The van der Waals surface area contributed by atoms with Crippen LogP contribution in [0.4, 0.5) is 0 Å². The molecule has 0 amide bonds. The van der Waals surface area contributed by atoms with Crippen LogP contribution in [0.15, 0.2) is 65.8 Å². The molecule has 0 N–H and O–H groups in total. The molecule has 2 aromatic carbocycles. The summed E-state index contributed by atoms with van der Waals surface area (Å²) in [6, 6.07) is 21.3. The van der Waals surface area contributed by atoms with Gasteiger partial charge in [0.2, 0.25) is 0 Å². The quantitative estimate of drug-likeness (QED) is 0.729. The summed E-state index contributed by atoms with van der Waals surface area (Å²) in [5, 5.41) is 9.75. The van der Waals surface area contributed by atoms with E-state index in [9.17, 15) is 0 Å². The molecule has 1 aliphatic rings. The zero-order valence-corrected chi connectivity index (χ0v) is 13.8. The van der Waals surface area contributed by atoms with Crippen molar-refractivity contribution in [2.24, 2.45) is 0 Å². The van der Waals surface area contributed by atoms with Crippen LogP contribution in [0.3, 0.4) is 0 Å². The smallest absolute Gasteiger partial charge is 0.193 e. The highest BCUT2D eigenvalue weighted by Gasteiger charge is 2.25. The number of rotatable bonds is 3. The molecule has 0 radical (unpaired) electrons. The maximum Gasteiger partial charge on any atom is 0.193 e. The molecular weight excluding hydrogens is 304 g/mol. The minimum atomic E-state index is 0.364. The van der Waals surface area contributed by atoms with E-state index >= 15 is 0 Å². The van der Waals surface area contributed by atoms with Crippen molar-refractivity contribution in [3.05, 3.63) is 66.2 Å². The Morgan fingerprint density at radius 2 is 1.65 bits per heavy atom. The van der Waals surface area contributed by atoms with Gasteiger partial charge in [-0.3, -0.25) is 9.47 Å². The van der Waals surface area contributed by atoms with Gasteiger partial charge in [0.1, 0.15) is 0 Å². The molecule has 0 bridgehead atoms. The molecule has 5 heteroatoms. The Morgan fingerprint density at radius 1 is 0.957 bits per heavy atom. The van der Waals surface area contributed by atoms with Crippen molar-refractivity contribution in [3.63, 3.8) is 0 Å². The van der Waals surface area contributed by atoms with Gasteiger partial charge in [-0.2, -0.15) is 0 Å². The summed E-state index contributed by atoms with van der Waals surface area (Å²) in [6.07, 6.45) is 0. The van der Waals surface area contributed by atoms with Crippen molar-refractivity contribution in [1.82, 2.24) is 19.7 Å². The monoisotopic (exact) mass is 322 g/mol. The molecule has 0 aliphatic carbocycles. The predicted molar refractivity (Wildman–Crippen MR) is 92.9 cm³/mol. The fourth-order valence-corrected chi connectivity index (χ4v) is 3.85. The predicted octanol–water partition coefficient (Wildman–Crippen LogP) is 4.03. The molecule has 1 atom stereocenters. The van der Waals surface area contributed by atoms with Gasteiger partial charge in [-0.15, -0.1) is 10.2 Å². The second-order valence-electron chi connectivity index (χ2n) is 5.69. The molecule has 4 nitrogen and oxygen atoms in total. The molecule has 2 heterocycles. The van der Waals surface area contributed by atoms with Crippen LogP contribution in [0.25, 0.3) is 11.4 Å². The topological polar surface area (TPSA) is 34.0 Å². The molecule has 1 aromatic heterocycles. The Hall–Kier alpha value is -2.11. The SMILES string of the molecule is CC(c1ccccc1)N1CSc2nnc(-c3ccccc3)n2C1. The third-order valence-corrected chi connectivity index (χ3v) is 5.28. The Labute approximate surface area is 140 Å². The average molecular weight is 322 g/mol. The highest BCUT2D eigenvalue weighted by Crippen LogP contribution is 2.33. The van der Waals surface area contributed by atoms with Gasteiger partial charge in [-0.1, -0.05) is 72.4 Å². The van der Waals surface area contributed by atoms with Crippen LogP contribution >= 0.6 is 11.8 Å². The van der Waals surface area contributed by atoms with Crippen LogP contribution in [0.1, 0.15) is 18.5 Å². The zero-order valence-electron chi connectivity index (χ0n) is 13.0. The number of hydrogen-bond acceptors (Lipinski definition) is 4. The third-order valence-electron chi connectivity index (χ3n) is 4.26. The van der Waals surface area contributed by atoms with E-state index in [1.807, 2.05) is 18.2 Å². The van der Waals surface area contributed by atoms with Crippen LogP contribution in [0.5, 0.6) is 0 Å². The molecule has 0 saturated carbocycles. The van der Waals surface area contributed by atoms with Crippen molar-refractivity contribution in [3.8, 4) is 11.4 Å². The summed E-state index contributed by atoms with van der Waals surface area (Å²) in [5.41, 5.74) is 2.45. The summed E-state index contributed by atoms with van der Waals surface area (Å²) in [7, 11) is 0. The van der Waals surface area contributed by atoms with Crippen molar-refractivity contribution in [2.45, 2.75) is 24.8 Å².